The summed E-state index contributed by atoms with van der Waals surface area (Å²) in [6, 6.07) is 0. The molecule has 1 heterocycles. The molecule has 0 radical (unpaired) electrons. The molecule has 0 aromatic rings. The summed E-state index contributed by atoms with van der Waals surface area (Å²) in [5.41, 5.74) is 0. The van der Waals surface area contributed by atoms with E-state index in [9.17, 15) is 19.5 Å². The maximum absolute atomic E-state index is 10.7. The van der Waals surface area contributed by atoms with Gasteiger partial charge in [-0.15, -0.1) is 0 Å². The lowest BCUT2D eigenvalue weighted by Gasteiger charge is -2.03. The van der Waals surface area contributed by atoms with Crippen molar-refractivity contribution in [2.24, 2.45) is 0 Å². The highest BCUT2D eigenvalue weighted by molar-refractivity contribution is 8.15. The molecule has 1 saturated heterocycles. The van der Waals surface area contributed by atoms with Crippen LogP contribution in [-0.2, 0) is 9.59 Å². The molecule has 0 aliphatic carbocycles. The molecule has 0 saturated carbocycles. The van der Waals surface area contributed by atoms with Crippen molar-refractivity contribution in [3.05, 3.63) is 0 Å². The van der Waals surface area contributed by atoms with Crippen LogP contribution in [0.1, 0.15) is 6.42 Å². The molecule has 60 valence electrons. The fraction of sp³-hybridized carbons (Fsp3) is 0.400. The van der Waals surface area contributed by atoms with Crippen LogP contribution >= 0.6 is 11.8 Å². The first kappa shape index (κ1) is 8.06. The molecular formula is C5H4NO4S-. The van der Waals surface area contributed by atoms with Gasteiger partial charge in [0.1, 0.15) is 0 Å². The van der Waals surface area contributed by atoms with Gasteiger partial charge in [-0.25, -0.2) is 0 Å². The minimum absolute atomic E-state index is 0.414. The number of hydrogen-bond acceptors (Lipinski definition) is 5. The van der Waals surface area contributed by atoms with Gasteiger partial charge in [-0.1, -0.05) is 11.8 Å². The van der Waals surface area contributed by atoms with Gasteiger partial charge in [-0.05, 0) is 0 Å². The van der Waals surface area contributed by atoms with Crippen molar-refractivity contribution in [3.63, 3.8) is 0 Å². The number of carboxylic acid groups (broad SMARTS) is 1. The molecule has 0 spiro atoms. The molecule has 6 heteroatoms. The SMILES string of the molecule is O=C([O-])C[C@@H]1SC(=O)NC1=O. The molecule has 0 unspecified atom stereocenters. The van der Waals surface area contributed by atoms with Crippen LogP contribution in [0, 0.1) is 0 Å². The Balaban J connectivity index is 2.53. The molecule has 1 aliphatic rings. The Labute approximate surface area is 66.1 Å². The first-order valence-electron chi connectivity index (χ1n) is 2.81. The molecule has 1 rings (SSSR count). The molecule has 11 heavy (non-hydrogen) atoms. The summed E-state index contributed by atoms with van der Waals surface area (Å²) < 4.78 is 0. The van der Waals surface area contributed by atoms with E-state index in [2.05, 4.69) is 0 Å². The van der Waals surface area contributed by atoms with Crippen LogP contribution in [0.3, 0.4) is 0 Å². The summed E-state index contributed by atoms with van der Waals surface area (Å²) >= 11 is 0.682. The summed E-state index contributed by atoms with van der Waals surface area (Å²) in [6.07, 6.45) is -0.414. The highest BCUT2D eigenvalue weighted by Crippen LogP contribution is 2.20. The van der Waals surface area contributed by atoms with Crippen LogP contribution in [0.2, 0.25) is 0 Å². The minimum atomic E-state index is -1.33. The second kappa shape index (κ2) is 2.91. The Kier molecular flexibility index (Phi) is 2.13. The minimum Gasteiger partial charge on any atom is -0.550 e. The Morgan fingerprint density at radius 1 is 1.64 bits per heavy atom. The summed E-state index contributed by atoms with van der Waals surface area (Å²) in [5, 5.41) is 10.6. The van der Waals surface area contributed by atoms with Crippen LogP contribution in [0.25, 0.3) is 0 Å². The van der Waals surface area contributed by atoms with Gasteiger partial charge < -0.3 is 9.90 Å². The zero-order chi connectivity index (χ0) is 8.43. The van der Waals surface area contributed by atoms with Crippen molar-refractivity contribution in [1.29, 1.82) is 0 Å². The van der Waals surface area contributed by atoms with Gasteiger partial charge >= 0.3 is 0 Å². The largest absolute Gasteiger partial charge is 0.550 e. The third-order valence-electron chi connectivity index (χ3n) is 1.12. The predicted molar refractivity (Wildman–Crippen MR) is 34.5 cm³/mol. The van der Waals surface area contributed by atoms with E-state index < -0.39 is 28.8 Å². The van der Waals surface area contributed by atoms with Crippen LogP contribution in [-0.4, -0.2) is 22.4 Å². The number of thioether (sulfide) groups is 1. The van der Waals surface area contributed by atoms with Crippen LogP contribution < -0.4 is 10.4 Å². The molecule has 1 fully saturated rings. The number of carbonyl (C=O) groups is 3. The summed E-state index contributed by atoms with van der Waals surface area (Å²) in [7, 11) is 0. The lowest BCUT2D eigenvalue weighted by atomic mass is 10.3. The van der Waals surface area contributed by atoms with Gasteiger partial charge in [0, 0.05) is 12.4 Å². The first-order chi connectivity index (χ1) is 5.09. The number of amides is 2. The smallest absolute Gasteiger partial charge is 0.286 e. The van der Waals surface area contributed by atoms with Crippen LogP contribution in [0.15, 0.2) is 0 Å². The van der Waals surface area contributed by atoms with E-state index in [1.807, 2.05) is 5.32 Å². The Hall–Kier alpha value is -1.04. The van der Waals surface area contributed by atoms with Crippen molar-refractivity contribution < 1.29 is 19.5 Å². The van der Waals surface area contributed by atoms with E-state index in [1.165, 1.54) is 0 Å². The molecular weight excluding hydrogens is 170 g/mol. The number of hydrogen-bond donors (Lipinski definition) is 1. The second-order valence-electron chi connectivity index (χ2n) is 1.96. The maximum Gasteiger partial charge on any atom is 0.286 e. The normalized spacial score (nSPS) is 23.5. The quantitative estimate of drug-likeness (QED) is 0.549. The van der Waals surface area contributed by atoms with E-state index in [-0.39, 0.29) is 0 Å². The fourth-order valence-electron chi connectivity index (χ4n) is 0.679. The number of nitrogens with one attached hydrogen (secondary N) is 1. The highest BCUT2D eigenvalue weighted by Gasteiger charge is 2.31. The highest BCUT2D eigenvalue weighted by atomic mass is 32.2. The van der Waals surface area contributed by atoms with E-state index in [1.54, 1.807) is 0 Å². The summed E-state index contributed by atoms with van der Waals surface area (Å²) in [6.45, 7) is 0. The zero-order valence-corrected chi connectivity index (χ0v) is 6.14. The van der Waals surface area contributed by atoms with E-state index in [4.69, 9.17) is 0 Å². The van der Waals surface area contributed by atoms with Gasteiger partial charge in [0.25, 0.3) is 5.24 Å². The van der Waals surface area contributed by atoms with Crippen molar-refractivity contribution in [2.75, 3.05) is 0 Å². The molecule has 5 nitrogen and oxygen atoms in total. The van der Waals surface area contributed by atoms with Crippen LogP contribution in [0.5, 0.6) is 0 Å². The molecule has 0 bridgehead atoms. The van der Waals surface area contributed by atoms with E-state index in [0.717, 1.165) is 0 Å². The van der Waals surface area contributed by atoms with Crippen molar-refractivity contribution >= 4 is 28.9 Å². The Morgan fingerprint density at radius 3 is 2.64 bits per heavy atom. The molecule has 0 aromatic heterocycles. The Bertz CT molecular complexity index is 227. The van der Waals surface area contributed by atoms with Crippen molar-refractivity contribution in [3.8, 4) is 0 Å². The summed E-state index contributed by atoms with van der Waals surface area (Å²) in [5.74, 6) is -1.88. The number of imide groups is 1. The molecule has 1 aliphatic heterocycles. The summed E-state index contributed by atoms with van der Waals surface area (Å²) in [4.78, 5) is 31.1. The molecule has 0 aromatic carbocycles. The lowest BCUT2D eigenvalue weighted by Crippen LogP contribution is -2.31. The Morgan fingerprint density at radius 2 is 2.27 bits per heavy atom. The topological polar surface area (TPSA) is 86.3 Å². The first-order valence-corrected chi connectivity index (χ1v) is 3.69. The molecule has 1 atom stereocenters. The van der Waals surface area contributed by atoms with Gasteiger partial charge in [0.2, 0.25) is 5.91 Å². The van der Waals surface area contributed by atoms with Gasteiger partial charge in [-0.2, -0.15) is 0 Å². The van der Waals surface area contributed by atoms with Crippen molar-refractivity contribution in [2.45, 2.75) is 11.7 Å². The van der Waals surface area contributed by atoms with Gasteiger partial charge in [-0.3, -0.25) is 14.9 Å². The average molecular weight is 174 g/mol. The van der Waals surface area contributed by atoms with E-state index >= 15 is 0 Å². The fourth-order valence-corrected chi connectivity index (χ4v) is 1.48. The third kappa shape index (κ3) is 1.94. The lowest BCUT2D eigenvalue weighted by molar-refractivity contribution is -0.305. The van der Waals surface area contributed by atoms with Gasteiger partial charge in [0.15, 0.2) is 0 Å². The number of aliphatic carboxylic acids is 1. The second-order valence-corrected chi connectivity index (χ2v) is 3.13. The van der Waals surface area contributed by atoms with E-state index in [0.29, 0.717) is 11.8 Å². The maximum atomic E-state index is 10.7. The third-order valence-corrected chi connectivity index (χ3v) is 2.10. The molecule has 2 amide bonds. The number of carboxylic acids is 1. The van der Waals surface area contributed by atoms with Gasteiger partial charge in [0.05, 0.1) is 5.25 Å². The monoisotopic (exact) mass is 174 g/mol. The predicted octanol–water partition coefficient (Wildman–Crippen LogP) is -1.52. The number of rotatable bonds is 2. The van der Waals surface area contributed by atoms with Crippen LogP contribution in [0.4, 0.5) is 4.79 Å². The molecule has 1 N–H and O–H groups in total. The number of carbonyl (C=O) groups excluding carboxylic acids is 3. The standard InChI is InChI=1S/C5H5NO4S/c7-3(8)1-2-4(9)6-5(10)11-2/h2H,1H2,(H,7,8)(H,6,9,10)/p-1/t2-/m0/s1. The average Bonchev–Trinajstić information content (AvgIpc) is 2.09. The van der Waals surface area contributed by atoms with Crippen molar-refractivity contribution in [1.82, 2.24) is 5.32 Å². The zero-order valence-electron chi connectivity index (χ0n) is 5.33.